The molecule has 0 aliphatic rings. The monoisotopic (exact) mass is 231 g/mol. The second-order valence-corrected chi connectivity index (χ2v) is 4.14. The van der Waals surface area contributed by atoms with Crippen molar-refractivity contribution < 1.29 is 13.2 Å². The lowest BCUT2D eigenvalue weighted by atomic mass is 10.1. The van der Waals surface area contributed by atoms with E-state index < -0.39 is 10.2 Å². The van der Waals surface area contributed by atoms with Gasteiger partial charge in [0.15, 0.2) is 0 Å². The molecule has 0 spiro atoms. The molecule has 0 saturated heterocycles. The maximum Gasteiger partial charge on any atom is 0.296 e. The fourth-order valence-electron chi connectivity index (χ4n) is 1.17. The maximum atomic E-state index is 10.9. The lowest BCUT2D eigenvalue weighted by molar-refractivity contribution is 0.416. The SMILES string of the molecule is COc1cccc(CN)c1NS(N)(=O)=O. The zero-order valence-electron chi connectivity index (χ0n) is 8.23. The molecule has 0 saturated carbocycles. The number of rotatable bonds is 4. The Labute approximate surface area is 88.4 Å². The summed E-state index contributed by atoms with van der Waals surface area (Å²) in [4.78, 5) is 0. The largest absolute Gasteiger partial charge is 0.495 e. The highest BCUT2D eigenvalue weighted by molar-refractivity contribution is 7.90. The van der Waals surface area contributed by atoms with Gasteiger partial charge in [-0.15, -0.1) is 0 Å². The van der Waals surface area contributed by atoms with Gasteiger partial charge in [0.25, 0.3) is 10.2 Å². The smallest absolute Gasteiger partial charge is 0.296 e. The Morgan fingerprint density at radius 1 is 1.47 bits per heavy atom. The Kier molecular flexibility index (Phi) is 3.51. The van der Waals surface area contributed by atoms with Gasteiger partial charge in [-0.3, -0.25) is 4.72 Å². The molecule has 0 atom stereocenters. The fourth-order valence-corrected chi connectivity index (χ4v) is 1.69. The van der Waals surface area contributed by atoms with Gasteiger partial charge in [-0.2, -0.15) is 8.42 Å². The van der Waals surface area contributed by atoms with Crippen molar-refractivity contribution in [3.63, 3.8) is 0 Å². The molecule has 0 bridgehead atoms. The van der Waals surface area contributed by atoms with E-state index >= 15 is 0 Å². The second-order valence-electron chi connectivity index (χ2n) is 2.85. The minimum atomic E-state index is -3.83. The minimum Gasteiger partial charge on any atom is -0.495 e. The minimum absolute atomic E-state index is 0.190. The first-order valence-electron chi connectivity index (χ1n) is 4.14. The van der Waals surface area contributed by atoms with E-state index in [1.54, 1.807) is 18.2 Å². The van der Waals surface area contributed by atoms with E-state index in [1.165, 1.54) is 7.11 Å². The van der Waals surface area contributed by atoms with Gasteiger partial charge in [-0.1, -0.05) is 12.1 Å². The van der Waals surface area contributed by atoms with E-state index in [9.17, 15) is 8.42 Å². The van der Waals surface area contributed by atoms with Crippen LogP contribution in [0, 0.1) is 0 Å². The Morgan fingerprint density at radius 2 is 2.13 bits per heavy atom. The van der Waals surface area contributed by atoms with Crippen LogP contribution in [0.25, 0.3) is 0 Å². The van der Waals surface area contributed by atoms with Gasteiger partial charge in [-0.25, -0.2) is 5.14 Å². The van der Waals surface area contributed by atoms with Crippen LogP contribution in [0.1, 0.15) is 5.56 Å². The predicted octanol–water partition coefficient (Wildman–Crippen LogP) is -0.231. The molecule has 1 aromatic rings. The first kappa shape index (κ1) is 11.8. The number of nitrogens with two attached hydrogens (primary N) is 2. The molecule has 0 aliphatic heterocycles. The number of nitrogens with one attached hydrogen (secondary N) is 1. The van der Waals surface area contributed by atoms with Crippen LogP contribution < -0.4 is 20.3 Å². The van der Waals surface area contributed by atoms with Crippen LogP contribution in [0.5, 0.6) is 5.75 Å². The summed E-state index contributed by atoms with van der Waals surface area (Å²) in [6.45, 7) is 0.190. The van der Waals surface area contributed by atoms with Crippen LogP contribution in [0.2, 0.25) is 0 Å². The van der Waals surface area contributed by atoms with Gasteiger partial charge < -0.3 is 10.5 Å². The molecule has 0 fully saturated rings. The lowest BCUT2D eigenvalue weighted by Gasteiger charge is -2.12. The molecule has 6 nitrogen and oxygen atoms in total. The molecule has 84 valence electrons. The molecule has 5 N–H and O–H groups in total. The number of anilines is 1. The molecule has 1 aromatic carbocycles. The van der Waals surface area contributed by atoms with Gasteiger partial charge in [0.2, 0.25) is 0 Å². The molecule has 15 heavy (non-hydrogen) atoms. The molecule has 7 heteroatoms. The molecule has 0 aromatic heterocycles. The number of benzene rings is 1. The summed E-state index contributed by atoms with van der Waals surface area (Å²) in [7, 11) is -2.39. The standard InChI is InChI=1S/C8H13N3O3S/c1-14-7-4-2-3-6(5-9)8(7)11-15(10,12)13/h2-4,11H,5,9H2,1H3,(H2,10,12,13). The summed E-state index contributed by atoms with van der Waals surface area (Å²) >= 11 is 0. The highest BCUT2D eigenvalue weighted by Gasteiger charge is 2.12. The molecular weight excluding hydrogens is 218 g/mol. The number of methoxy groups -OCH3 is 1. The molecule has 0 aliphatic carbocycles. The van der Waals surface area contributed by atoms with E-state index in [-0.39, 0.29) is 12.2 Å². The Bertz CT molecular complexity index is 422. The zero-order chi connectivity index (χ0) is 11.5. The van der Waals surface area contributed by atoms with Crippen LogP contribution in [-0.4, -0.2) is 15.5 Å². The molecule has 0 heterocycles. The van der Waals surface area contributed by atoms with Gasteiger partial charge in [0.05, 0.1) is 12.8 Å². The van der Waals surface area contributed by atoms with Crippen LogP contribution >= 0.6 is 0 Å². The van der Waals surface area contributed by atoms with Crippen molar-refractivity contribution in [2.45, 2.75) is 6.54 Å². The summed E-state index contributed by atoms with van der Waals surface area (Å²) in [5.41, 5.74) is 6.36. The van der Waals surface area contributed by atoms with Crippen LogP contribution in [0.4, 0.5) is 5.69 Å². The third kappa shape index (κ3) is 3.08. The van der Waals surface area contributed by atoms with E-state index in [0.29, 0.717) is 11.3 Å². The van der Waals surface area contributed by atoms with E-state index in [4.69, 9.17) is 15.6 Å². The van der Waals surface area contributed by atoms with E-state index in [2.05, 4.69) is 4.72 Å². The average Bonchev–Trinajstić information content (AvgIpc) is 2.16. The number of ether oxygens (including phenoxy) is 1. The number of hydrogen-bond acceptors (Lipinski definition) is 4. The van der Waals surface area contributed by atoms with E-state index in [1.807, 2.05) is 0 Å². The third-order valence-corrected chi connectivity index (χ3v) is 2.29. The highest BCUT2D eigenvalue weighted by atomic mass is 32.2. The van der Waals surface area contributed by atoms with Crippen LogP contribution in [0.3, 0.4) is 0 Å². The van der Waals surface area contributed by atoms with E-state index in [0.717, 1.165) is 0 Å². The van der Waals surface area contributed by atoms with Gasteiger partial charge in [0.1, 0.15) is 5.75 Å². The zero-order valence-corrected chi connectivity index (χ0v) is 9.04. The van der Waals surface area contributed by atoms with Crippen molar-refractivity contribution in [3.05, 3.63) is 23.8 Å². The average molecular weight is 231 g/mol. The van der Waals surface area contributed by atoms with Crippen LogP contribution in [0.15, 0.2) is 18.2 Å². The normalized spacial score (nSPS) is 11.1. The van der Waals surface area contributed by atoms with Crippen molar-refractivity contribution in [2.24, 2.45) is 10.9 Å². The summed E-state index contributed by atoms with van der Waals surface area (Å²) in [5.74, 6) is 0.381. The van der Waals surface area contributed by atoms with Crippen molar-refractivity contribution in [3.8, 4) is 5.75 Å². The quantitative estimate of drug-likeness (QED) is 0.665. The van der Waals surface area contributed by atoms with Gasteiger partial charge in [0, 0.05) is 6.54 Å². The fraction of sp³-hybridized carbons (Fsp3) is 0.250. The Hall–Kier alpha value is -1.31. The molecule has 1 rings (SSSR count). The Morgan fingerprint density at radius 3 is 2.60 bits per heavy atom. The maximum absolute atomic E-state index is 10.9. The lowest BCUT2D eigenvalue weighted by Crippen LogP contribution is -2.23. The van der Waals surface area contributed by atoms with Crippen LogP contribution in [-0.2, 0) is 16.8 Å². The third-order valence-electron chi connectivity index (χ3n) is 1.80. The Balaban J connectivity index is 3.22. The second kappa shape index (κ2) is 4.47. The number of para-hydroxylation sites is 1. The molecule has 0 amide bonds. The first-order valence-corrected chi connectivity index (χ1v) is 5.69. The summed E-state index contributed by atoms with van der Waals surface area (Å²) in [6, 6.07) is 5.03. The summed E-state index contributed by atoms with van der Waals surface area (Å²) < 4.78 is 29.0. The predicted molar refractivity (Wildman–Crippen MR) is 57.6 cm³/mol. The highest BCUT2D eigenvalue weighted by Crippen LogP contribution is 2.28. The van der Waals surface area contributed by atoms with Crippen molar-refractivity contribution in [1.29, 1.82) is 0 Å². The van der Waals surface area contributed by atoms with Gasteiger partial charge >= 0.3 is 0 Å². The topological polar surface area (TPSA) is 107 Å². The van der Waals surface area contributed by atoms with Crippen molar-refractivity contribution in [1.82, 2.24) is 0 Å². The molecular formula is C8H13N3O3S. The van der Waals surface area contributed by atoms with Gasteiger partial charge in [-0.05, 0) is 11.6 Å². The number of hydrogen-bond donors (Lipinski definition) is 3. The molecule has 0 unspecified atom stereocenters. The first-order chi connectivity index (χ1) is 6.98. The van der Waals surface area contributed by atoms with Crippen molar-refractivity contribution >= 4 is 15.9 Å². The van der Waals surface area contributed by atoms with Crippen molar-refractivity contribution in [2.75, 3.05) is 11.8 Å². The molecule has 0 radical (unpaired) electrons. The summed E-state index contributed by atoms with van der Waals surface area (Å²) in [5, 5.41) is 4.88. The summed E-state index contributed by atoms with van der Waals surface area (Å²) in [6.07, 6.45) is 0.